The van der Waals surface area contributed by atoms with Gasteiger partial charge in [0, 0.05) is 0 Å². The van der Waals surface area contributed by atoms with Crippen molar-refractivity contribution in [2.24, 2.45) is 0 Å². The third kappa shape index (κ3) is 6.04. The molecule has 2 atom stereocenters. The van der Waals surface area contributed by atoms with Crippen LogP contribution in [0, 0.1) is 34.6 Å². The van der Waals surface area contributed by atoms with Crippen LogP contribution in [0.15, 0.2) is 112 Å². The van der Waals surface area contributed by atoms with E-state index in [1.807, 2.05) is 3.21 Å². The molecule has 9 rings (SSSR count). The maximum Gasteiger partial charge on any atom is -1.00 e. The van der Waals surface area contributed by atoms with E-state index in [4.69, 9.17) is 8.83 Å². The quantitative estimate of drug-likeness (QED) is 0.190. The average molecular weight is 801 g/mol. The van der Waals surface area contributed by atoms with Gasteiger partial charge in [-0.15, -0.1) is 0 Å². The van der Waals surface area contributed by atoms with Crippen molar-refractivity contribution in [3.63, 3.8) is 0 Å². The molecule has 5 heteroatoms. The van der Waals surface area contributed by atoms with Crippen LogP contribution in [0.5, 0.6) is 0 Å². The second-order valence-corrected chi connectivity index (χ2v) is 21.3. The molecule has 0 spiro atoms. The van der Waals surface area contributed by atoms with Gasteiger partial charge in [0.05, 0.1) is 0 Å². The molecule has 0 aliphatic heterocycles. The van der Waals surface area contributed by atoms with E-state index in [9.17, 15) is 0 Å². The Balaban J connectivity index is 0.00000210. The van der Waals surface area contributed by atoms with Gasteiger partial charge in [-0.25, -0.2) is 0 Å². The van der Waals surface area contributed by atoms with Gasteiger partial charge in [0.1, 0.15) is 0 Å². The Morgan fingerprint density at radius 1 is 0.538 bits per heavy atom. The van der Waals surface area contributed by atoms with Crippen LogP contribution in [0.2, 0.25) is 0 Å². The molecule has 52 heavy (non-hydrogen) atoms. The first-order valence-electron chi connectivity index (χ1n) is 18.0. The normalized spacial score (nSPS) is 16.8. The molecular weight excluding hydrogens is 759 g/mol. The van der Waals surface area contributed by atoms with Gasteiger partial charge < -0.3 is 24.8 Å². The number of furan rings is 2. The Labute approximate surface area is 327 Å². The Hall–Kier alpha value is -3.75. The van der Waals surface area contributed by atoms with Gasteiger partial charge in [-0.3, -0.25) is 0 Å². The predicted octanol–water partition coefficient (Wildman–Crippen LogP) is 6.62. The molecule has 4 aromatic carbocycles. The summed E-state index contributed by atoms with van der Waals surface area (Å²) in [6.45, 7) is 11.0. The van der Waals surface area contributed by atoms with Crippen LogP contribution in [0.3, 0.4) is 0 Å². The largest absolute Gasteiger partial charge is 1.00 e. The molecule has 2 heterocycles. The van der Waals surface area contributed by atoms with Gasteiger partial charge >= 0.3 is 305 Å². The van der Waals surface area contributed by atoms with E-state index >= 15 is 0 Å². The third-order valence-electron chi connectivity index (χ3n) is 11.4. The summed E-state index contributed by atoms with van der Waals surface area (Å²) in [5.41, 5.74) is 17.9. The van der Waals surface area contributed by atoms with Gasteiger partial charge in [0.15, 0.2) is 0 Å². The van der Waals surface area contributed by atoms with E-state index in [1.165, 1.54) is 91.6 Å². The maximum atomic E-state index is 6.58. The summed E-state index contributed by atoms with van der Waals surface area (Å²) in [4.78, 5) is 0. The number of halogens is 2. The van der Waals surface area contributed by atoms with E-state index in [-0.39, 0.29) is 24.8 Å². The number of rotatable bonds is 6. The van der Waals surface area contributed by atoms with Crippen molar-refractivity contribution >= 4 is 26.5 Å². The molecule has 0 radical (unpaired) electrons. The van der Waals surface area contributed by atoms with E-state index in [0.29, 0.717) is 7.25 Å². The number of benzene rings is 4. The Morgan fingerprint density at radius 2 is 1.06 bits per heavy atom. The maximum absolute atomic E-state index is 6.58. The summed E-state index contributed by atoms with van der Waals surface area (Å²) in [6.07, 6.45) is 8.82. The molecule has 3 aliphatic carbocycles. The minimum Gasteiger partial charge on any atom is -1.00 e. The molecular formula is C47H42Cl2O2Zr. The van der Waals surface area contributed by atoms with E-state index in [0.717, 1.165) is 23.0 Å². The smallest absolute Gasteiger partial charge is 1.00 e. The van der Waals surface area contributed by atoms with Gasteiger partial charge in [0.2, 0.25) is 0 Å². The molecule has 0 saturated heterocycles. The van der Waals surface area contributed by atoms with Crippen LogP contribution in [0.1, 0.15) is 88.5 Å². The van der Waals surface area contributed by atoms with E-state index in [1.54, 1.807) is 0 Å². The van der Waals surface area contributed by atoms with Crippen LogP contribution in [-0.4, -0.2) is 3.21 Å². The number of allylic oxidation sites excluding steroid dienone is 2. The standard InChI is InChI=1S/C22H19O.C21H17O.C4H6.2ClH.Zr/c1-14-11-18-12-19(21-10-9-15(2)23-21)13-20(18)22(16(14)3)17-7-5-4-6-8-17;1-14-8-10-17-12-18(20-11-9-15(2)22-20)13-19(17)21(14)16-6-4-3-5-7-16;1-2-4-3-1;;;/h4-13H,1-3H3;3-13H,1-2H3;1-3H2;2*1H;/q;;;;;+2/p-2. The van der Waals surface area contributed by atoms with Gasteiger partial charge in [0.25, 0.3) is 0 Å². The van der Waals surface area contributed by atoms with Gasteiger partial charge in [-0.2, -0.15) is 0 Å². The SMILES string of the molecule is Cc1ccc(C2=Cc3c(ccc(C)c3-c3ccccc3)[CH]2[Zr+2](=[C]2CCC2)[CH]2C(c3ccc(C)o3)=Cc3c2cc(C)c(C)c3-c2ccccc2)o1.[Cl-].[Cl-]. The molecule has 0 bridgehead atoms. The zero-order valence-corrected chi connectivity index (χ0v) is 34.3. The van der Waals surface area contributed by atoms with Crippen molar-refractivity contribution in [2.75, 3.05) is 0 Å². The van der Waals surface area contributed by atoms with Crippen molar-refractivity contribution < 1.29 is 54.9 Å². The fraction of sp³-hybridized carbons (Fsp3) is 0.213. The van der Waals surface area contributed by atoms with Crippen molar-refractivity contribution in [2.45, 2.75) is 61.1 Å². The molecule has 0 N–H and O–H groups in total. The van der Waals surface area contributed by atoms with Crippen molar-refractivity contribution in [3.8, 4) is 22.3 Å². The number of hydrogen-bond acceptors (Lipinski definition) is 2. The van der Waals surface area contributed by atoms with Crippen molar-refractivity contribution in [3.05, 3.63) is 165 Å². The summed E-state index contributed by atoms with van der Waals surface area (Å²) in [5.74, 6) is 3.99. The average Bonchev–Trinajstić information content (AvgIpc) is 3.89. The summed E-state index contributed by atoms with van der Waals surface area (Å²) in [5, 5.41) is 0. The third-order valence-corrected chi connectivity index (χ3v) is 20.8. The number of fused-ring (bicyclic) bond motifs is 2. The zero-order valence-electron chi connectivity index (χ0n) is 30.3. The molecule has 260 valence electrons. The Kier molecular flexibility index (Phi) is 10.3. The topological polar surface area (TPSA) is 26.3 Å². The summed E-state index contributed by atoms with van der Waals surface area (Å²) < 4.78 is 15.7. The van der Waals surface area contributed by atoms with Crippen molar-refractivity contribution in [1.82, 2.24) is 0 Å². The summed E-state index contributed by atoms with van der Waals surface area (Å²) in [6, 6.07) is 38.1. The van der Waals surface area contributed by atoms with Crippen LogP contribution in [-0.2, 0) is 21.3 Å². The monoisotopic (exact) mass is 798 g/mol. The zero-order chi connectivity index (χ0) is 34.1. The molecule has 1 fully saturated rings. The Morgan fingerprint density at radius 3 is 1.56 bits per heavy atom. The number of aryl methyl sites for hydroxylation is 4. The first-order valence-corrected chi connectivity index (χ1v) is 22.1. The first-order chi connectivity index (χ1) is 24.4. The van der Waals surface area contributed by atoms with Gasteiger partial charge in [-0.1, -0.05) is 0 Å². The fourth-order valence-corrected chi connectivity index (χ4v) is 19.5. The molecule has 3 aliphatic rings. The summed E-state index contributed by atoms with van der Waals surface area (Å²) >= 11 is -2.76. The predicted molar refractivity (Wildman–Crippen MR) is 205 cm³/mol. The second-order valence-electron chi connectivity index (χ2n) is 14.5. The minimum atomic E-state index is -2.76. The molecule has 0 amide bonds. The molecule has 2 nitrogen and oxygen atoms in total. The minimum absolute atomic E-state index is 0. The van der Waals surface area contributed by atoms with Gasteiger partial charge in [-0.05, 0) is 0 Å². The van der Waals surface area contributed by atoms with Crippen LogP contribution < -0.4 is 24.8 Å². The van der Waals surface area contributed by atoms with Crippen LogP contribution >= 0.6 is 0 Å². The van der Waals surface area contributed by atoms with Crippen LogP contribution in [0.25, 0.3) is 45.6 Å². The molecule has 1 saturated carbocycles. The summed E-state index contributed by atoms with van der Waals surface area (Å²) in [7, 11) is 0. The Bertz CT molecular complexity index is 2400. The molecule has 6 aromatic rings. The molecule has 2 unspecified atom stereocenters. The van der Waals surface area contributed by atoms with E-state index < -0.39 is 21.3 Å². The fourth-order valence-electron chi connectivity index (χ4n) is 8.78. The van der Waals surface area contributed by atoms with E-state index in [2.05, 4.69) is 150 Å². The second kappa shape index (κ2) is 14.6. The number of hydrogen-bond donors (Lipinski definition) is 0. The van der Waals surface area contributed by atoms with Crippen LogP contribution in [0.4, 0.5) is 0 Å². The first kappa shape index (κ1) is 36.6. The molecule has 2 aromatic heterocycles. The van der Waals surface area contributed by atoms with Crippen molar-refractivity contribution in [1.29, 1.82) is 0 Å².